The zero-order valence-corrected chi connectivity index (χ0v) is 15.9. The Morgan fingerprint density at radius 3 is 2.38 bits per heavy atom. The lowest BCUT2D eigenvalue weighted by Gasteiger charge is -2.37. The average Bonchev–Trinajstić information content (AvgIpc) is 3.07. The highest BCUT2D eigenvalue weighted by molar-refractivity contribution is 5.85. The van der Waals surface area contributed by atoms with Gasteiger partial charge in [-0.05, 0) is 49.7 Å². The molecule has 4 heteroatoms. The first-order valence-electron chi connectivity index (χ1n) is 9.52. The molecule has 2 aromatic carbocycles. The highest BCUT2D eigenvalue weighted by Crippen LogP contribution is 2.37. The molecule has 1 fully saturated rings. The highest BCUT2D eigenvalue weighted by atomic mass is 35.5. The second-order valence-corrected chi connectivity index (χ2v) is 7.32. The van der Waals surface area contributed by atoms with E-state index < -0.39 is 0 Å². The summed E-state index contributed by atoms with van der Waals surface area (Å²) in [4.78, 5) is 7.25. The molecule has 0 aromatic heterocycles. The summed E-state index contributed by atoms with van der Waals surface area (Å²) in [5.41, 5.74) is 9.12. The predicted molar refractivity (Wildman–Crippen MR) is 111 cm³/mol. The monoisotopic (exact) mass is 369 g/mol. The van der Waals surface area contributed by atoms with Gasteiger partial charge in [0, 0.05) is 12.1 Å². The molecule has 0 saturated carbocycles. The van der Waals surface area contributed by atoms with Crippen LogP contribution in [0, 0.1) is 0 Å². The van der Waals surface area contributed by atoms with Gasteiger partial charge in [0.05, 0.1) is 6.04 Å². The minimum absolute atomic E-state index is 0. The van der Waals surface area contributed by atoms with Crippen molar-refractivity contribution in [3.05, 3.63) is 71.8 Å². The summed E-state index contributed by atoms with van der Waals surface area (Å²) in [7, 11) is 0. The van der Waals surface area contributed by atoms with Gasteiger partial charge in [-0.2, -0.15) is 0 Å². The maximum Gasteiger partial charge on any atom is 0.192 e. The van der Waals surface area contributed by atoms with Crippen LogP contribution in [0.3, 0.4) is 0 Å². The number of guanidine groups is 1. The van der Waals surface area contributed by atoms with Crippen molar-refractivity contribution in [3.63, 3.8) is 0 Å². The third-order valence-electron chi connectivity index (χ3n) is 5.70. The Morgan fingerprint density at radius 2 is 1.65 bits per heavy atom. The lowest BCUT2D eigenvalue weighted by molar-refractivity contribution is 0.253. The van der Waals surface area contributed by atoms with Crippen LogP contribution in [-0.4, -0.2) is 22.9 Å². The molecular weight excluding hydrogens is 342 g/mol. The van der Waals surface area contributed by atoms with Crippen LogP contribution < -0.4 is 5.73 Å². The Hall–Kier alpha value is -2.00. The fourth-order valence-corrected chi connectivity index (χ4v) is 4.46. The van der Waals surface area contributed by atoms with E-state index in [0.29, 0.717) is 12.1 Å². The van der Waals surface area contributed by atoms with Gasteiger partial charge < -0.3 is 10.6 Å². The van der Waals surface area contributed by atoms with E-state index in [1.54, 1.807) is 0 Å². The largest absolute Gasteiger partial charge is 0.370 e. The van der Waals surface area contributed by atoms with Crippen molar-refractivity contribution in [3.8, 4) is 0 Å². The van der Waals surface area contributed by atoms with Gasteiger partial charge in [-0.1, -0.05) is 60.7 Å². The Bertz CT molecular complexity index is 717. The van der Waals surface area contributed by atoms with E-state index in [4.69, 9.17) is 10.7 Å². The second-order valence-electron chi connectivity index (χ2n) is 7.32. The molecule has 3 atom stereocenters. The first-order valence-corrected chi connectivity index (χ1v) is 9.52. The molecule has 2 N–H and O–H groups in total. The van der Waals surface area contributed by atoms with E-state index in [0.717, 1.165) is 18.8 Å². The number of rotatable bonds is 5. The SMILES string of the molecule is Cl.NC1=N[C@@H](c2ccccc2)C[C@H]2CC[C@H](CCCc3ccccc3)N12. The van der Waals surface area contributed by atoms with Gasteiger partial charge in [-0.15, -0.1) is 12.4 Å². The average molecular weight is 370 g/mol. The smallest absolute Gasteiger partial charge is 0.192 e. The maximum absolute atomic E-state index is 6.40. The van der Waals surface area contributed by atoms with Crippen molar-refractivity contribution in [2.75, 3.05) is 0 Å². The lowest BCUT2D eigenvalue weighted by atomic mass is 9.97. The molecule has 0 unspecified atom stereocenters. The predicted octanol–water partition coefficient (Wildman–Crippen LogP) is 4.72. The molecule has 0 bridgehead atoms. The number of hydrogen-bond acceptors (Lipinski definition) is 3. The fourth-order valence-electron chi connectivity index (χ4n) is 4.46. The molecule has 2 aliphatic heterocycles. The molecule has 0 amide bonds. The number of nitrogens with zero attached hydrogens (tertiary/aromatic N) is 2. The minimum Gasteiger partial charge on any atom is -0.370 e. The summed E-state index contributed by atoms with van der Waals surface area (Å²) in [5, 5.41) is 0. The van der Waals surface area contributed by atoms with E-state index in [1.807, 2.05) is 0 Å². The Balaban J connectivity index is 0.00000196. The molecule has 0 aliphatic carbocycles. The number of aliphatic imine (C=N–C) groups is 1. The van der Waals surface area contributed by atoms with E-state index in [-0.39, 0.29) is 18.4 Å². The van der Waals surface area contributed by atoms with Gasteiger partial charge in [-0.25, -0.2) is 4.99 Å². The molecule has 0 spiro atoms. The van der Waals surface area contributed by atoms with Crippen molar-refractivity contribution in [2.45, 2.75) is 56.7 Å². The van der Waals surface area contributed by atoms with Crippen LogP contribution in [0.5, 0.6) is 0 Å². The Kier molecular flexibility index (Phi) is 6.20. The van der Waals surface area contributed by atoms with Crippen molar-refractivity contribution >= 4 is 18.4 Å². The van der Waals surface area contributed by atoms with Crippen LogP contribution in [0.2, 0.25) is 0 Å². The summed E-state index contributed by atoms with van der Waals surface area (Å²) in [6.45, 7) is 0. The summed E-state index contributed by atoms with van der Waals surface area (Å²) in [6, 6.07) is 22.7. The van der Waals surface area contributed by atoms with Gasteiger partial charge in [0.1, 0.15) is 0 Å². The van der Waals surface area contributed by atoms with E-state index >= 15 is 0 Å². The van der Waals surface area contributed by atoms with Gasteiger partial charge in [0.2, 0.25) is 0 Å². The number of halogens is 1. The van der Waals surface area contributed by atoms with E-state index in [2.05, 4.69) is 65.6 Å². The molecule has 2 aliphatic rings. The number of hydrogen-bond donors (Lipinski definition) is 1. The molecule has 26 heavy (non-hydrogen) atoms. The normalized spacial score (nSPS) is 24.5. The van der Waals surface area contributed by atoms with Crippen LogP contribution in [0.25, 0.3) is 0 Å². The molecule has 3 nitrogen and oxygen atoms in total. The number of aryl methyl sites for hydroxylation is 1. The molecular formula is C22H28ClN3. The van der Waals surface area contributed by atoms with Crippen molar-refractivity contribution in [1.82, 2.24) is 4.90 Å². The first-order chi connectivity index (χ1) is 12.3. The van der Waals surface area contributed by atoms with Crippen molar-refractivity contribution < 1.29 is 0 Å². The van der Waals surface area contributed by atoms with Gasteiger partial charge in [0.15, 0.2) is 5.96 Å². The number of nitrogens with two attached hydrogens (primary N) is 1. The van der Waals surface area contributed by atoms with Crippen molar-refractivity contribution in [1.29, 1.82) is 0 Å². The number of fused-ring (bicyclic) bond motifs is 1. The maximum atomic E-state index is 6.40. The van der Waals surface area contributed by atoms with Crippen LogP contribution in [0.1, 0.15) is 49.3 Å². The summed E-state index contributed by atoms with van der Waals surface area (Å²) in [5.74, 6) is 0.757. The third-order valence-corrected chi connectivity index (χ3v) is 5.70. The number of benzene rings is 2. The molecule has 0 radical (unpaired) electrons. The van der Waals surface area contributed by atoms with Gasteiger partial charge in [0.25, 0.3) is 0 Å². The zero-order valence-electron chi connectivity index (χ0n) is 15.1. The van der Waals surface area contributed by atoms with Crippen LogP contribution in [0.4, 0.5) is 0 Å². The summed E-state index contributed by atoms with van der Waals surface area (Å²) >= 11 is 0. The molecule has 4 rings (SSSR count). The first kappa shape index (κ1) is 18.8. The fraction of sp³-hybridized carbons (Fsp3) is 0.409. The molecule has 138 valence electrons. The third kappa shape index (κ3) is 4.04. The Labute approximate surface area is 162 Å². The van der Waals surface area contributed by atoms with Crippen molar-refractivity contribution in [2.24, 2.45) is 10.7 Å². The quantitative estimate of drug-likeness (QED) is 0.828. The topological polar surface area (TPSA) is 41.6 Å². The molecule has 1 saturated heterocycles. The second kappa shape index (κ2) is 8.59. The van der Waals surface area contributed by atoms with Crippen LogP contribution in [-0.2, 0) is 6.42 Å². The van der Waals surface area contributed by atoms with Gasteiger partial charge >= 0.3 is 0 Å². The minimum atomic E-state index is 0. The molecule has 2 heterocycles. The highest BCUT2D eigenvalue weighted by Gasteiger charge is 2.38. The molecule has 2 aromatic rings. The van der Waals surface area contributed by atoms with Gasteiger partial charge in [-0.3, -0.25) is 0 Å². The van der Waals surface area contributed by atoms with E-state index in [9.17, 15) is 0 Å². The summed E-state index contributed by atoms with van der Waals surface area (Å²) < 4.78 is 0. The van der Waals surface area contributed by atoms with Crippen LogP contribution >= 0.6 is 12.4 Å². The summed E-state index contributed by atoms with van der Waals surface area (Å²) in [6.07, 6.45) is 7.16. The zero-order chi connectivity index (χ0) is 17.1. The van der Waals surface area contributed by atoms with E-state index in [1.165, 1.54) is 36.8 Å². The Morgan fingerprint density at radius 1 is 0.962 bits per heavy atom. The lowest BCUT2D eigenvalue weighted by Crippen LogP contribution is -2.48. The standard InChI is InChI=1S/C22H27N3.ClH/c23-22-24-21(18-11-5-2-6-12-18)16-20-15-14-19(25(20)22)13-7-10-17-8-3-1-4-9-17;/h1-6,8-9,11-12,19-21H,7,10,13-16H2,(H2,23,24);1H/t19-,20+,21+;/m0./s1. The van der Waals surface area contributed by atoms with Crippen LogP contribution in [0.15, 0.2) is 65.7 Å².